The van der Waals surface area contributed by atoms with Gasteiger partial charge in [-0.15, -0.1) is 0 Å². The summed E-state index contributed by atoms with van der Waals surface area (Å²) in [5, 5.41) is 0. The van der Waals surface area contributed by atoms with E-state index in [0.29, 0.717) is 0 Å². The SMILES string of the molecule is CC1=C(/C=C/C(C)=C/C=C/C(C)=C/C=C/C=C(C)/C=C/C=O)C(C)(C)CCC1. The average molecular weight is 377 g/mol. The second kappa shape index (κ2) is 12.1. The van der Waals surface area contributed by atoms with Crippen LogP contribution in [0, 0.1) is 5.41 Å². The molecule has 0 bridgehead atoms. The summed E-state index contributed by atoms with van der Waals surface area (Å²) in [6.45, 7) is 13.2. The highest BCUT2D eigenvalue weighted by Crippen LogP contribution is 2.40. The average Bonchev–Trinajstić information content (AvgIpc) is 2.62. The fraction of sp³-hybridized carbons (Fsp3) is 0.370. The molecule has 0 atom stereocenters. The second-order valence-electron chi connectivity index (χ2n) is 8.24. The van der Waals surface area contributed by atoms with Crippen LogP contribution < -0.4 is 0 Å². The number of aldehydes is 1. The minimum absolute atomic E-state index is 0.288. The van der Waals surface area contributed by atoms with Gasteiger partial charge in [0.15, 0.2) is 0 Å². The maximum Gasteiger partial charge on any atom is 0.142 e. The number of allylic oxidation sites excluding steroid dienone is 16. The first-order valence-corrected chi connectivity index (χ1v) is 10.1. The van der Waals surface area contributed by atoms with E-state index in [0.717, 1.165) is 11.9 Å². The highest BCUT2D eigenvalue weighted by Gasteiger charge is 2.26. The van der Waals surface area contributed by atoms with Gasteiger partial charge in [0.1, 0.15) is 6.29 Å². The monoisotopic (exact) mass is 376 g/mol. The number of hydrogen-bond donors (Lipinski definition) is 0. The molecule has 1 aliphatic rings. The van der Waals surface area contributed by atoms with E-state index in [-0.39, 0.29) is 5.41 Å². The van der Waals surface area contributed by atoms with E-state index >= 15 is 0 Å². The number of hydrogen-bond acceptors (Lipinski definition) is 1. The summed E-state index contributed by atoms with van der Waals surface area (Å²) in [4.78, 5) is 10.3. The molecule has 0 spiro atoms. The van der Waals surface area contributed by atoms with Crippen LogP contribution in [0.3, 0.4) is 0 Å². The summed E-state index contributed by atoms with van der Waals surface area (Å²) < 4.78 is 0. The van der Waals surface area contributed by atoms with Gasteiger partial charge in [0.25, 0.3) is 0 Å². The quantitative estimate of drug-likeness (QED) is 0.240. The maximum atomic E-state index is 10.3. The fourth-order valence-corrected chi connectivity index (χ4v) is 3.35. The second-order valence-corrected chi connectivity index (χ2v) is 8.24. The third-order valence-corrected chi connectivity index (χ3v) is 5.04. The van der Waals surface area contributed by atoms with E-state index in [1.165, 1.54) is 47.6 Å². The molecule has 0 fully saturated rings. The molecule has 0 aromatic carbocycles. The zero-order chi connectivity index (χ0) is 21.0. The van der Waals surface area contributed by atoms with Gasteiger partial charge >= 0.3 is 0 Å². The van der Waals surface area contributed by atoms with Crippen LogP contribution >= 0.6 is 0 Å². The van der Waals surface area contributed by atoms with Crippen molar-refractivity contribution in [3.05, 3.63) is 94.7 Å². The minimum Gasteiger partial charge on any atom is -0.299 e. The van der Waals surface area contributed by atoms with Gasteiger partial charge < -0.3 is 0 Å². The topological polar surface area (TPSA) is 17.1 Å². The Balaban J connectivity index is 2.67. The zero-order valence-electron chi connectivity index (χ0n) is 18.5. The van der Waals surface area contributed by atoms with Gasteiger partial charge in [-0.2, -0.15) is 0 Å². The van der Waals surface area contributed by atoms with Crippen LogP contribution in [0.5, 0.6) is 0 Å². The van der Waals surface area contributed by atoms with Crippen molar-refractivity contribution in [2.45, 2.75) is 60.8 Å². The molecule has 0 unspecified atom stereocenters. The van der Waals surface area contributed by atoms with Gasteiger partial charge in [-0.05, 0) is 64.0 Å². The first kappa shape index (κ1) is 23.6. The standard InChI is InChI=1S/C27H36O/c1-22(12-7-8-13-23(2)16-11-21-28)14-9-15-24(3)18-19-26-25(4)17-10-20-27(26,5)6/h7-9,11-16,18-19,21H,10,17,20H2,1-6H3/b8-7+,14-9+,16-11+,19-18+,22-12+,23-13+,24-15+. The van der Waals surface area contributed by atoms with E-state index in [2.05, 4.69) is 71.1 Å². The molecule has 0 heterocycles. The molecule has 1 nitrogen and oxygen atoms in total. The van der Waals surface area contributed by atoms with E-state index in [1.807, 2.05) is 25.2 Å². The summed E-state index contributed by atoms with van der Waals surface area (Å²) in [6.07, 6.45) is 26.8. The van der Waals surface area contributed by atoms with Crippen molar-refractivity contribution in [1.82, 2.24) is 0 Å². The van der Waals surface area contributed by atoms with Crippen LogP contribution in [-0.4, -0.2) is 6.29 Å². The van der Waals surface area contributed by atoms with Crippen molar-refractivity contribution in [1.29, 1.82) is 0 Å². The summed E-state index contributed by atoms with van der Waals surface area (Å²) >= 11 is 0. The molecule has 0 saturated heterocycles. The van der Waals surface area contributed by atoms with Crippen molar-refractivity contribution < 1.29 is 4.79 Å². The normalized spacial score (nSPS) is 19.7. The smallest absolute Gasteiger partial charge is 0.142 e. The molecule has 0 radical (unpaired) electrons. The highest BCUT2D eigenvalue weighted by atomic mass is 16.1. The molecule has 1 aliphatic carbocycles. The Morgan fingerprint density at radius 2 is 1.36 bits per heavy atom. The summed E-state index contributed by atoms with van der Waals surface area (Å²) in [6, 6.07) is 0. The number of rotatable bonds is 8. The molecule has 0 aromatic rings. The van der Waals surface area contributed by atoms with Crippen LogP contribution in [0.4, 0.5) is 0 Å². The number of carbonyl (C=O) groups excluding carboxylic acids is 1. The zero-order valence-corrected chi connectivity index (χ0v) is 18.5. The summed E-state index contributed by atoms with van der Waals surface area (Å²) in [5.74, 6) is 0. The molecule has 0 saturated carbocycles. The third kappa shape index (κ3) is 8.99. The molecular weight excluding hydrogens is 340 g/mol. The Hall–Kier alpha value is -2.41. The third-order valence-electron chi connectivity index (χ3n) is 5.04. The maximum absolute atomic E-state index is 10.3. The Morgan fingerprint density at radius 3 is 1.93 bits per heavy atom. The van der Waals surface area contributed by atoms with Gasteiger partial charge in [-0.3, -0.25) is 4.79 Å². The molecule has 1 rings (SSSR count). The van der Waals surface area contributed by atoms with Crippen LogP contribution in [0.25, 0.3) is 0 Å². The lowest BCUT2D eigenvalue weighted by Crippen LogP contribution is -2.19. The molecule has 0 amide bonds. The lowest BCUT2D eigenvalue weighted by atomic mass is 9.72. The molecule has 150 valence electrons. The predicted molar refractivity (Wildman–Crippen MR) is 124 cm³/mol. The van der Waals surface area contributed by atoms with Gasteiger partial charge in [-0.1, -0.05) is 96.9 Å². The molecule has 0 aliphatic heterocycles. The highest BCUT2D eigenvalue weighted by molar-refractivity contribution is 5.65. The summed E-state index contributed by atoms with van der Waals surface area (Å²) in [5.41, 5.74) is 6.81. The Morgan fingerprint density at radius 1 is 0.821 bits per heavy atom. The first-order valence-electron chi connectivity index (χ1n) is 10.1. The van der Waals surface area contributed by atoms with Crippen LogP contribution in [0.1, 0.15) is 60.8 Å². The lowest BCUT2D eigenvalue weighted by molar-refractivity contribution is -0.104. The van der Waals surface area contributed by atoms with Gasteiger partial charge in [0.2, 0.25) is 0 Å². The van der Waals surface area contributed by atoms with Gasteiger partial charge in [0, 0.05) is 0 Å². The van der Waals surface area contributed by atoms with E-state index in [9.17, 15) is 4.79 Å². The Kier molecular flexibility index (Phi) is 10.2. The molecule has 0 aromatic heterocycles. The largest absolute Gasteiger partial charge is 0.299 e. The van der Waals surface area contributed by atoms with E-state index in [1.54, 1.807) is 6.08 Å². The van der Waals surface area contributed by atoms with Crippen LogP contribution in [-0.2, 0) is 4.79 Å². The molecule has 1 heteroatoms. The molecule has 0 N–H and O–H groups in total. The van der Waals surface area contributed by atoms with E-state index < -0.39 is 0 Å². The van der Waals surface area contributed by atoms with Gasteiger partial charge in [0.05, 0.1) is 0 Å². The predicted octanol–water partition coefficient (Wildman–Crippen LogP) is 7.78. The minimum atomic E-state index is 0.288. The summed E-state index contributed by atoms with van der Waals surface area (Å²) in [7, 11) is 0. The Bertz CT molecular complexity index is 771. The lowest BCUT2D eigenvalue weighted by Gasteiger charge is -2.32. The van der Waals surface area contributed by atoms with Crippen molar-refractivity contribution in [2.75, 3.05) is 0 Å². The van der Waals surface area contributed by atoms with Crippen LogP contribution in [0.2, 0.25) is 0 Å². The van der Waals surface area contributed by atoms with Crippen molar-refractivity contribution in [3.8, 4) is 0 Å². The molecular formula is C27H36O. The Labute approximate surface area is 172 Å². The molecule has 28 heavy (non-hydrogen) atoms. The van der Waals surface area contributed by atoms with Crippen molar-refractivity contribution in [2.24, 2.45) is 5.41 Å². The van der Waals surface area contributed by atoms with E-state index in [4.69, 9.17) is 0 Å². The van der Waals surface area contributed by atoms with Gasteiger partial charge in [-0.25, -0.2) is 0 Å². The fourth-order valence-electron chi connectivity index (χ4n) is 3.35. The number of carbonyl (C=O) groups is 1. The van der Waals surface area contributed by atoms with Crippen molar-refractivity contribution >= 4 is 6.29 Å². The van der Waals surface area contributed by atoms with Crippen molar-refractivity contribution in [3.63, 3.8) is 0 Å². The first-order chi connectivity index (χ1) is 13.3. The van der Waals surface area contributed by atoms with Crippen LogP contribution in [0.15, 0.2) is 94.7 Å².